The highest BCUT2D eigenvalue weighted by Crippen LogP contribution is 2.48. The van der Waals surface area contributed by atoms with Gasteiger partial charge in [-0.15, -0.1) is 0 Å². The highest BCUT2D eigenvalue weighted by Gasteiger charge is 2.38. The summed E-state index contributed by atoms with van der Waals surface area (Å²) in [5.74, 6) is 1.99. The van der Waals surface area contributed by atoms with Crippen molar-refractivity contribution < 1.29 is 23.8 Å². The number of rotatable bonds is 4. The van der Waals surface area contributed by atoms with Gasteiger partial charge < -0.3 is 18.8 Å². The van der Waals surface area contributed by atoms with E-state index >= 15 is 0 Å². The van der Waals surface area contributed by atoms with Gasteiger partial charge in [-0.25, -0.2) is 0 Å². The number of methoxy groups -OCH3 is 1. The minimum atomic E-state index is -0.243. The van der Waals surface area contributed by atoms with Crippen LogP contribution in [0.5, 0.6) is 17.2 Å². The third kappa shape index (κ3) is 3.27. The van der Waals surface area contributed by atoms with Gasteiger partial charge in [0.05, 0.1) is 19.1 Å². The molecule has 0 bridgehead atoms. The molecule has 5 rings (SSSR count). The summed E-state index contributed by atoms with van der Waals surface area (Å²) in [6.07, 6.45) is 4.86. The number of fused-ring (bicyclic) bond motifs is 4. The zero-order valence-electron chi connectivity index (χ0n) is 18.6. The van der Waals surface area contributed by atoms with Gasteiger partial charge in [-0.3, -0.25) is 9.59 Å². The van der Waals surface area contributed by atoms with Gasteiger partial charge in [-0.1, -0.05) is 13.8 Å². The molecular weight excluding hydrogens is 406 g/mol. The van der Waals surface area contributed by atoms with Crippen LogP contribution in [0.2, 0.25) is 0 Å². The van der Waals surface area contributed by atoms with Crippen LogP contribution in [-0.4, -0.2) is 23.4 Å². The number of allylic oxidation sites excluding steroid dienone is 1. The monoisotopic (exact) mass is 431 g/mol. The summed E-state index contributed by atoms with van der Waals surface area (Å²) in [6, 6.07) is 9.26. The molecule has 0 radical (unpaired) electrons. The first-order valence-corrected chi connectivity index (χ1v) is 10.8. The van der Waals surface area contributed by atoms with E-state index in [1.54, 1.807) is 25.3 Å². The summed E-state index contributed by atoms with van der Waals surface area (Å²) in [7, 11) is 3.59. The summed E-state index contributed by atoms with van der Waals surface area (Å²) in [6.45, 7) is 4.24. The fourth-order valence-electron chi connectivity index (χ4n) is 4.75. The van der Waals surface area contributed by atoms with Gasteiger partial charge in [0, 0.05) is 41.2 Å². The summed E-state index contributed by atoms with van der Waals surface area (Å²) in [5, 5.41) is 0.973. The van der Waals surface area contributed by atoms with Crippen LogP contribution < -0.4 is 14.2 Å². The summed E-state index contributed by atoms with van der Waals surface area (Å²) >= 11 is 0. The van der Waals surface area contributed by atoms with Gasteiger partial charge in [0.25, 0.3) is 0 Å². The molecule has 3 heterocycles. The number of carbonyl (C=O) groups excluding carboxylic acids is 2. The van der Waals surface area contributed by atoms with E-state index in [1.165, 1.54) is 0 Å². The fourth-order valence-corrected chi connectivity index (χ4v) is 4.75. The molecule has 6 heteroatoms. The quantitative estimate of drug-likeness (QED) is 0.321. The van der Waals surface area contributed by atoms with Crippen molar-refractivity contribution in [2.24, 2.45) is 13.0 Å². The predicted octanol–water partition coefficient (Wildman–Crippen LogP) is 5.24. The number of Topliss-reactive ketones (excluding diaryl/α,β-unsaturated/α-hetero) is 1. The van der Waals surface area contributed by atoms with Gasteiger partial charge >= 0.3 is 5.97 Å². The first-order chi connectivity index (χ1) is 15.4. The molecule has 3 aromatic rings. The molecule has 0 amide bonds. The van der Waals surface area contributed by atoms with Crippen LogP contribution in [0.25, 0.3) is 17.0 Å². The Morgan fingerprint density at radius 2 is 2.00 bits per heavy atom. The lowest BCUT2D eigenvalue weighted by Gasteiger charge is -2.27. The number of aryl methyl sites for hydroxylation is 1. The minimum Gasteiger partial charge on any atom is -0.497 e. The molecule has 32 heavy (non-hydrogen) atoms. The lowest BCUT2D eigenvalue weighted by Crippen LogP contribution is -2.21. The number of aromatic nitrogens is 1. The third-order valence-electron chi connectivity index (χ3n) is 6.15. The Morgan fingerprint density at radius 1 is 1.19 bits per heavy atom. The normalized spacial score (nSPS) is 18.7. The summed E-state index contributed by atoms with van der Waals surface area (Å²) in [5.41, 5.74) is 3.24. The smallest absolute Gasteiger partial charge is 0.311 e. The molecule has 6 nitrogen and oxygen atoms in total. The number of ketones is 1. The number of hydrogen-bond donors (Lipinski definition) is 0. The highest BCUT2D eigenvalue weighted by molar-refractivity contribution is 6.15. The number of hydrogen-bond acceptors (Lipinski definition) is 5. The largest absolute Gasteiger partial charge is 0.497 e. The molecule has 0 N–H and O–H groups in total. The summed E-state index contributed by atoms with van der Waals surface area (Å²) < 4.78 is 19.0. The van der Waals surface area contributed by atoms with Crippen LogP contribution in [0.3, 0.4) is 0 Å². The third-order valence-corrected chi connectivity index (χ3v) is 6.15. The lowest BCUT2D eigenvalue weighted by atomic mass is 9.84. The Morgan fingerprint density at radius 3 is 2.75 bits per heavy atom. The first kappa shape index (κ1) is 20.4. The molecule has 1 atom stereocenters. The average molecular weight is 431 g/mol. The van der Waals surface area contributed by atoms with Gasteiger partial charge in [-0.2, -0.15) is 0 Å². The van der Waals surface area contributed by atoms with Crippen molar-refractivity contribution >= 4 is 28.7 Å². The predicted molar refractivity (Wildman–Crippen MR) is 121 cm³/mol. The second kappa shape index (κ2) is 7.55. The van der Waals surface area contributed by atoms with Crippen molar-refractivity contribution in [1.82, 2.24) is 4.57 Å². The van der Waals surface area contributed by atoms with Crippen LogP contribution >= 0.6 is 0 Å². The van der Waals surface area contributed by atoms with E-state index in [1.807, 2.05) is 36.0 Å². The first-order valence-electron chi connectivity index (χ1n) is 10.8. The molecule has 0 fully saturated rings. The molecule has 1 aromatic heterocycles. The number of carbonyl (C=O) groups is 2. The average Bonchev–Trinajstić information content (AvgIpc) is 3.23. The van der Waals surface area contributed by atoms with Gasteiger partial charge in [-0.05, 0) is 48.7 Å². The number of nitrogens with zero attached hydrogens (tertiary/aromatic N) is 1. The van der Waals surface area contributed by atoms with Crippen molar-refractivity contribution in [3.05, 3.63) is 59.0 Å². The molecule has 0 unspecified atom stereocenters. The van der Waals surface area contributed by atoms with E-state index < -0.39 is 0 Å². The van der Waals surface area contributed by atoms with E-state index in [0.29, 0.717) is 29.4 Å². The molecule has 0 saturated carbocycles. The zero-order chi connectivity index (χ0) is 22.6. The molecule has 2 aromatic carbocycles. The molecular formula is C26H25NO5. The van der Waals surface area contributed by atoms with E-state index in [4.69, 9.17) is 14.2 Å². The van der Waals surface area contributed by atoms with Crippen molar-refractivity contribution in [3.63, 3.8) is 0 Å². The maximum atomic E-state index is 13.2. The van der Waals surface area contributed by atoms with Crippen LogP contribution in [0, 0.1) is 5.92 Å². The van der Waals surface area contributed by atoms with Crippen molar-refractivity contribution in [2.75, 3.05) is 7.11 Å². The number of benzene rings is 2. The van der Waals surface area contributed by atoms with Gasteiger partial charge in [0.15, 0.2) is 5.76 Å². The topological polar surface area (TPSA) is 66.8 Å². The Balaban J connectivity index is 1.59. The number of esters is 1. The Labute approximate surface area is 186 Å². The van der Waals surface area contributed by atoms with E-state index in [2.05, 4.69) is 13.8 Å². The van der Waals surface area contributed by atoms with Crippen LogP contribution in [-0.2, 0) is 11.8 Å². The Bertz CT molecular complexity index is 1300. The maximum absolute atomic E-state index is 13.2. The molecule has 0 saturated heterocycles. The second-order valence-electron chi connectivity index (χ2n) is 8.88. The molecule has 0 spiro atoms. The minimum absolute atomic E-state index is 0.0323. The van der Waals surface area contributed by atoms with Crippen LogP contribution in [0.1, 0.15) is 54.1 Å². The van der Waals surface area contributed by atoms with Crippen molar-refractivity contribution in [3.8, 4) is 17.2 Å². The molecule has 164 valence electrons. The van der Waals surface area contributed by atoms with E-state index in [9.17, 15) is 9.59 Å². The van der Waals surface area contributed by atoms with Crippen molar-refractivity contribution in [1.29, 1.82) is 0 Å². The molecule has 0 aliphatic carbocycles. The maximum Gasteiger partial charge on any atom is 0.311 e. The van der Waals surface area contributed by atoms with Crippen LogP contribution in [0.4, 0.5) is 0 Å². The summed E-state index contributed by atoms with van der Waals surface area (Å²) in [4.78, 5) is 25.3. The number of ether oxygens (including phenoxy) is 3. The molecule has 2 aliphatic heterocycles. The van der Waals surface area contributed by atoms with E-state index in [-0.39, 0.29) is 23.4 Å². The lowest BCUT2D eigenvalue weighted by molar-refractivity contribution is -0.136. The second-order valence-corrected chi connectivity index (χ2v) is 8.88. The SMILES string of the molecule is COc1ccc2c(c1)c(/C=C1\Oc3c(ccc4c3[C@@H](CC(C)C)CC(=O)O4)C1=O)cn2C. The highest BCUT2D eigenvalue weighted by atomic mass is 16.5. The van der Waals surface area contributed by atoms with Crippen LogP contribution in [0.15, 0.2) is 42.3 Å². The Hall–Kier alpha value is -3.54. The molecule has 2 aliphatic rings. The Kier molecular flexibility index (Phi) is 4.81. The van der Waals surface area contributed by atoms with E-state index in [0.717, 1.165) is 34.2 Å². The zero-order valence-corrected chi connectivity index (χ0v) is 18.6. The fraction of sp³-hybridized carbons (Fsp3) is 0.308. The van der Waals surface area contributed by atoms with Gasteiger partial charge in [0.1, 0.15) is 17.2 Å². The van der Waals surface area contributed by atoms with Gasteiger partial charge in [0.2, 0.25) is 5.78 Å². The standard InChI is InChI=1S/C26H25NO5/c1-14(2)9-15-11-23(28)31-21-8-6-18-25(29)22(32-26(18)24(15)21)10-16-13-27(3)20-7-5-17(30-4)12-19(16)20/h5-8,10,12-15H,9,11H2,1-4H3/b22-10-/t15-/m0/s1. The van der Waals surface area contributed by atoms with Crippen molar-refractivity contribution in [2.45, 2.75) is 32.6 Å².